The Morgan fingerprint density at radius 2 is 2.05 bits per heavy atom. The number of carbonyl (C=O) groups excluding carboxylic acids is 1. The normalized spacial score (nSPS) is 10.4. The summed E-state index contributed by atoms with van der Waals surface area (Å²) in [5.74, 6) is 1.16. The van der Waals surface area contributed by atoms with Gasteiger partial charge in [-0.2, -0.15) is 0 Å². The van der Waals surface area contributed by atoms with Gasteiger partial charge in [0.1, 0.15) is 17.6 Å². The number of amides is 1. The lowest BCUT2D eigenvalue weighted by atomic mass is 10.4. The quantitative estimate of drug-likeness (QED) is 0.716. The molecular formula is C13H21ClN4O2. The molecule has 0 atom stereocenters. The Hall–Kier alpha value is -1.40. The molecule has 0 radical (unpaired) electrons. The Morgan fingerprint density at radius 3 is 2.60 bits per heavy atom. The van der Waals surface area contributed by atoms with E-state index in [2.05, 4.69) is 9.97 Å². The molecule has 0 unspecified atom stereocenters. The predicted octanol–water partition coefficient (Wildman–Crippen LogP) is 1.58. The van der Waals surface area contributed by atoms with Gasteiger partial charge in [-0.25, -0.2) is 9.97 Å². The number of likely N-dealkylation sites (N-methyl/N-ethyl adjacent to an activating group) is 2. The molecule has 0 aromatic carbocycles. The molecule has 20 heavy (non-hydrogen) atoms. The van der Waals surface area contributed by atoms with Crippen LogP contribution in [0.4, 0.5) is 5.82 Å². The van der Waals surface area contributed by atoms with E-state index in [1.807, 2.05) is 18.7 Å². The summed E-state index contributed by atoms with van der Waals surface area (Å²) >= 11 is 6.00. The predicted molar refractivity (Wildman–Crippen MR) is 79.0 cm³/mol. The average molecular weight is 301 g/mol. The van der Waals surface area contributed by atoms with E-state index in [9.17, 15) is 4.79 Å². The van der Waals surface area contributed by atoms with Crippen LogP contribution in [0.15, 0.2) is 6.07 Å². The fourth-order valence-electron chi connectivity index (χ4n) is 1.53. The van der Waals surface area contributed by atoms with E-state index < -0.39 is 0 Å². The molecule has 1 amide bonds. The van der Waals surface area contributed by atoms with Gasteiger partial charge in [-0.1, -0.05) is 11.6 Å². The molecule has 0 bridgehead atoms. The van der Waals surface area contributed by atoms with Crippen molar-refractivity contribution >= 4 is 23.3 Å². The SMILES string of the molecule is CCOCc1nc(Cl)cc(N(CC)CC(=O)N(C)C)n1. The molecule has 6 nitrogen and oxygen atoms in total. The van der Waals surface area contributed by atoms with Gasteiger partial charge >= 0.3 is 0 Å². The molecular weight excluding hydrogens is 280 g/mol. The summed E-state index contributed by atoms with van der Waals surface area (Å²) in [7, 11) is 3.45. The molecule has 0 saturated carbocycles. The minimum absolute atomic E-state index is 0.00735. The van der Waals surface area contributed by atoms with E-state index in [0.29, 0.717) is 36.6 Å². The monoisotopic (exact) mass is 300 g/mol. The highest BCUT2D eigenvalue weighted by Crippen LogP contribution is 2.16. The first-order valence-corrected chi connectivity index (χ1v) is 6.92. The molecule has 1 rings (SSSR count). The van der Waals surface area contributed by atoms with E-state index in [1.165, 1.54) is 0 Å². The lowest BCUT2D eigenvalue weighted by molar-refractivity contribution is -0.127. The number of ether oxygens (including phenoxy) is 1. The highest BCUT2D eigenvalue weighted by Gasteiger charge is 2.14. The van der Waals surface area contributed by atoms with Crippen LogP contribution in [0.25, 0.3) is 0 Å². The van der Waals surface area contributed by atoms with Crippen LogP contribution in [-0.4, -0.2) is 54.6 Å². The van der Waals surface area contributed by atoms with E-state index in [4.69, 9.17) is 16.3 Å². The highest BCUT2D eigenvalue weighted by molar-refractivity contribution is 6.29. The van der Waals surface area contributed by atoms with Crippen LogP contribution in [0.2, 0.25) is 5.15 Å². The molecule has 0 N–H and O–H groups in total. The Labute approximate surface area is 124 Å². The van der Waals surface area contributed by atoms with Gasteiger partial charge in [-0.05, 0) is 13.8 Å². The van der Waals surface area contributed by atoms with Gasteiger partial charge in [0.05, 0.1) is 6.54 Å². The summed E-state index contributed by atoms with van der Waals surface area (Å²) in [4.78, 5) is 23.7. The molecule has 0 aliphatic heterocycles. The van der Waals surface area contributed by atoms with Gasteiger partial charge in [0.15, 0.2) is 5.82 Å². The third kappa shape index (κ3) is 4.94. The number of nitrogens with zero attached hydrogens (tertiary/aromatic N) is 4. The van der Waals surface area contributed by atoms with E-state index in [-0.39, 0.29) is 12.5 Å². The van der Waals surface area contributed by atoms with Crippen LogP contribution in [0.1, 0.15) is 19.7 Å². The molecule has 1 heterocycles. The van der Waals surface area contributed by atoms with Crippen LogP contribution >= 0.6 is 11.6 Å². The summed E-state index contributed by atoms with van der Waals surface area (Å²) in [5.41, 5.74) is 0. The Kier molecular flexibility index (Phi) is 6.67. The number of halogens is 1. The largest absolute Gasteiger partial charge is 0.374 e. The second kappa shape index (κ2) is 8.01. The van der Waals surface area contributed by atoms with Crippen molar-refractivity contribution in [2.75, 3.05) is 38.7 Å². The van der Waals surface area contributed by atoms with Crippen molar-refractivity contribution in [3.05, 3.63) is 17.0 Å². The van der Waals surface area contributed by atoms with Crippen molar-refractivity contribution in [2.24, 2.45) is 0 Å². The number of anilines is 1. The van der Waals surface area contributed by atoms with Crippen molar-refractivity contribution in [3.63, 3.8) is 0 Å². The first kappa shape index (κ1) is 16.7. The fourth-order valence-corrected chi connectivity index (χ4v) is 1.73. The summed E-state index contributed by atoms with van der Waals surface area (Å²) in [5, 5.41) is 0.348. The third-order valence-electron chi connectivity index (χ3n) is 2.69. The molecule has 1 aromatic heterocycles. The van der Waals surface area contributed by atoms with Crippen LogP contribution in [0, 0.1) is 0 Å². The number of carbonyl (C=O) groups is 1. The molecule has 0 spiro atoms. The zero-order valence-electron chi connectivity index (χ0n) is 12.4. The molecule has 0 aliphatic rings. The second-order valence-corrected chi connectivity index (χ2v) is 4.79. The molecule has 0 aliphatic carbocycles. The first-order chi connectivity index (χ1) is 9.47. The summed E-state index contributed by atoms with van der Waals surface area (Å²) in [6.45, 7) is 5.66. The van der Waals surface area contributed by atoms with Crippen LogP contribution in [0.3, 0.4) is 0 Å². The summed E-state index contributed by atoms with van der Waals surface area (Å²) in [6.07, 6.45) is 0. The van der Waals surface area contributed by atoms with E-state index >= 15 is 0 Å². The maximum Gasteiger partial charge on any atom is 0.241 e. The van der Waals surface area contributed by atoms with Crippen molar-refractivity contribution in [1.82, 2.24) is 14.9 Å². The van der Waals surface area contributed by atoms with Gasteiger partial charge in [0.2, 0.25) is 5.91 Å². The lowest BCUT2D eigenvalue weighted by Crippen LogP contribution is -2.37. The van der Waals surface area contributed by atoms with Crippen molar-refractivity contribution in [2.45, 2.75) is 20.5 Å². The van der Waals surface area contributed by atoms with Gasteiger partial charge in [-0.15, -0.1) is 0 Å². The van der Waals surface area contributed by atoms with Gasteiger partial charge in [0, 0.05) is 33.3 Å². The zero-order valence-corrected chi connectivity index (χ0v) is 13.1. The van der Waals surface area contributed by atoms with E-state index in [0.717, 1.165) is 0 Å². The van der Waals surface area contributed by atoms with Gasteiger partial charge < -0.3 is 14.5 Å². The van der Waals surface area contributed by atoms with Crippen molar-refractivity contribution in [3.8, 4) is 0 Å². The second-order valence-electron chi connectivity index (χ2n) is 4.40. The van der Waals surface area contributed by atoms with Crippen molar-refractivity contribution in [1.29, 1.82) is 0 Å². The van der Waals surface area contributed by atoms with E-state index in [1.54, 1.807) is 25.1 Å². The topological polar surface area (TPSA) is 58.6 Å². The maximum absolute atomic E-state index is 11.8. The minimum Gasteiger partial charge on any atom is -0.374 e. The number of aromatic nitrogens is 2. The number of rotatable bonds is 7. The minimum atomic E-state index is 0.00735. The average Bonchev–Trinajstić information content (AvgIpc) is 2.41. The fraction of sp³-hybridized carbons (Fsp3) is 0.615. The molecule has 1 aromatic rings. The molecule has 0 saturated heterocycles. The smallest absolute Gasteiger partial charge is 0.241 e. The molecule has 0 fully saturated rings. The number of hydrogen-bond donors (Lipinski definition) is 0. The Bertz CT molecular complexity index is 454. The van der Waals surface area contributed by atoms with Crippen LogP contribution in [-0.2, 0) is 16.1 Å². The third-order valence-corrected chi connectivity index (χ3v) is 2.89. The van der Waals surface area contributed by atoms with Crippen LogP contribution < -0.4 is 4.90 Å². The first-order valence-electron chi connectivity index (χ1n) is 6.54. The van der Waals surface area contributed by atoms with Gasteiger partial charge in [-0.3, -0.25) is 4.79 Å². The van der Waals surface area contributed by atoms with Crippen LogP contribution in [0.5, 0.6) is 0 Å². The molecule has 112 valence electrons. The molecule has 7 heteroatoms. The highest BCUT2D eigenvalue weighted by atomic mass is 35.5. The standard InChI is InChI=1S/C13H21ClN4O2/c1-5-18(8-13(19)17(3)4)12-7-10(14)15-11(16-12)9-20-6-2/h7H,5-6,8-9H2,1-4H3. The van der Waals surface area contributed by atoms with Crippen molar-refractivity contribution < 1.29 is 9.53 Å². The maximum atomic E-state index is 11.8. The lowest BCUT2D eigenvalue weighted by Gasteiger charge is -2.23. The summed E-state index contributed by atoms with van der Waals surface area (Å²) < 4.78 is 5.28. The zero-order chi connectivity index (χ0) is 15.1. The summed E-state index contributed by atoms with van der Waals surface area (Å²) in [6, 6.07) is 1.66. The Morgan fingerprint density at radius 1 is 1.35 bits per heavy atom. The van der Waals surface area contributed by atoms with Gasteiger partial charge in [0.25, 0.3) is 0 Å². The number of hydrogen-bond acceptors (Lipinski definition) is 5. The Balaban J connectivity index is 2.90.